The number of aromatic nitrogens is 2. The van der Waals surface area contributed by atoms with Gasteiger partial charge in [0.2, 0.25) is 0 Å². The molecule has 0 saturated carbocycles. The van der Waals surface area contributed by atoms with Crippen LogP contribution in [0.5, 0.6) is 11.8 Å². The Hall–Kier alpha value is -2.55. The van der Waals surface area contributed by atoms with E-state index >= 15 is 0 Å². The van der Waals surface area contributed by atoms with Gasteiger partial charge in [-0.3, -0.25) is 4.79 Å². The van der Waals surface area contributed by atoms with Crippen molar-refractivity contribution in [2.45, 2.75) is 0 Å². The first-order chi connectivity index (χ1) is 11.6. The molecule has 7 heteroatoms. The molecule has 0 radical (unpaired) electrons. The van der Waals surface area contributed by atoms with Crippen molar-refractivity contribution in [1.29, 1.82) is 0 Å². The molecule has 0 aliphatic carbocycles. The topological polar surface area (TPSA) is 64.1 Å². The predicted molar refractivity (Wildman–Crippen MR) is 95.6 cm³/mol. The van der Waals surface area contributed by atoms with E-state index in [9.17, 15) is 9.18 Å². The molecular formula is C17H11FIN3O2. The van der Waals surface area contributed by atoms with Gasteiger partial charge in [0, 0.05) is 9.13 Å². The number of hydrogen-bond acceptors (Lipinski definition) is 4. The first kappa shape index (κ1) is 16.3. The van der Waals surface area contributed by atoms with E-state index in [4.69, 9.17) is 4.74 Å². The Morgan fingerprint density at radius 1 is 1.08 bits per heavy atom. The Morgan fingerprint density at radius 3 is 2.54 bits per heavy atom. The van der Waals surface area contributed by atoms with E-state index in [-0.39, 0.29) is 17.7 Å². The zero-order valence-electron chi connectivity index (χ0n) is 12.2. The number of hydrogen-bond donors (Lipinski definition) is 1. The molecule has 0 aliphatic heterocycles. The number of rotatable bonds is 4. The first-order valence-electron chi connectivity index (χ1n) is 6.93. The van der Waals surface area contributed by atoms with Gasteiger partial charge in [-0.05, 0) is 52.9 Å². The average Bonchev–Trinajstić information content (AvgIpc) is 2.58. The molecule has 0 atom stereocenters. The van der Waals surface area contributed by atoms with Gasteiger partial charge < -0.3 is 10.1 Å². The quantitative estimate of drug-likeness (QED) is 0.622. The monoisotopic (exact) mass is 435 g/mol. The summed E-state index contributed by atoms with van der Waals surface area (Å²) >= 11 is 2.14. The van der Waals surface area contributed by atoms with Crippen molar-refractivity contribution < 1.29 is 13.9 Å². The van der Waals surface area contributed by atoms with E-state index in [1.54, 1.807) is 30.3 Å². The molecule has 1 aromatic heterocycles. The van der Waals surface area contributed by atoms with Crippen LogP contribution >= 0.6 is 22.6 Å². The van der Waals surface area contributed by atoms with Crippen LogP contribution in [0, 0.1) is 9.39 Å². The van der Waals surface area contributed by atoms with Crippen molar-refractivity contribution in [3.8, 4) is 11.8 Å². The van der Waals surface area contributed by atoms with Crippen molar-refractivity contribution >= 4 is 34.2 Å². The summed E-state index contributed by atoms with van der Waals surface area (Å²) in [4.78, 5) is 20.1. The highest BCUT2D eigenvalue weighted by Gasteiger charge is 2.09. The zero-order valence-corrected chi connectivity index (χ0v) is 14.4. The van der Waals surface area contributed by atoms with E-state index in [0.29, 0.717) is 11.3 Å². The van der Waals surface area contributed by atoms with Crippen LogP contribution in [0.3, 0.4) is 0 Å². The van der Waals surface area contributed by atoms with E-state index in [0.717, 1.165) is 3.57 Å². The number of amides is 1. The van der Waals surface area contributed by atoms with Crippen LogP contribution in [0.1, 0.15) is 10.4 Å². The lowest BCUT2D eigenvalue weighted by molar-refractivity contribution is 0.102. The minimum atomic E-state index is -0.503. The van der Waals surface area contributed by atoms with E-state index in [1.165, 1.54) is 24.5 Å². The van der Waals surface area contributed by atoms with Crippen LogP contribution in [-0.2, 0) is 0 Å². The summed E-state index contributed by atoms with van der Waals surface area (Å²) in [7, 11) is 0. The maximum absolute atomic E-state index is 13.5. The molecule has 1 amide bonds. The molecule has 0 unspecified atom stereocenters. The molecule has 0 saturated heterocycles. The highest BCUT2D eigenvalue weighted by Crippen LogP contribution is 2.21. The van der Waals surface area contributed by atoms with Crippen LogP contribution < -0.4 is 10.1 Å². The second-order valence-electron chi connectivity index (χ2n) is 4.75. The smallest absolute Gasteiger partial charge is 0.322 e. The van der Waals surface area contributed by atoms with E-state index in [2.05, 4.69) is 37.9 Å². The van der Waals surface area contributed by atoms with Crippen molar-refractivity contribution in [3.63, 3.8) is 0 Å². The van der Waals surface area contributed by atoms with Crippen LogP contribution in [0.4, 0.5) is 10.1 Å². The predicted octanol–water partition coefficient (Wildman–Crippen LogP) is 4.26. The number of anilines is 1. The SMILES string of the molecule is O=C(Nc1cnc(Oc2ccccc2F)nc1)c1cccc(I)c1. The van der Waals surface area contributed by atoms with E-state index < -0.39 is 5.82 Å². The number of ether oxygens (including phenoxy) is 1. The highest BCUT2D eigenvalue weighted by molar-refractivity contribution is 14.1. The van der Waals surface area contributed by atoms with Gasteiger partial charge in [0.15, 0.2) is 11.6 Å². The van der Waals surface area contributed by atoms with Crippen molar-refractivity contribution in [1.82, 2.24) is 9.97 Å². The van der Waals surface area contributed by atoms with Crippen molar-refractivity contribution in [2.75, 3.05) is 5.32 Å². The molecule has 0 fully saturated rings. The maximum Gasteiger partial charge on any atom is 0.322 e. The van der Waals surface area contributed by atoms with Gasteiger partial charge in [0.1, 0.15) is 0 Å². The molecule has 1 N–H and O–H groups in total. The second-order valence-corrected chi connectivity index (χ2v) is 6.00. The zero-order chi connectivity index (χ0) is 16.9. The van der Waals surface area contributed by atoms with Crippen LogP contribution in [0.25, 0.3) is 0 Å². The summed E-state index contributed by atoms with van der Waals surface area (Å²) < 4.78 is 19.7. The molecule has 5 nitrogen and oxygen atoms in total. The molecule has 120 valence electrons. The Bertz CT molecular complexity index is 872. The van der Waals surface area contributed by atoms with Crippen LogP contribution in [0.2, 0.25) is 0 Å². The third-order valence-electron chi connectivity index (χ3n) is 3.01. The standard InChI is InChI=1S/C17H11FIN3O2/c18-14-6-1-2-7-15(14)24-17-20-9-13(10-21-17)22-16(23)11-4-3-5-12(19)8-11/h1-10H,(H,22,23). The Labute approximate surface area is 151 Å². The summed E-state index contributed by atoms with van der Waals surface area (Å²) in [6, 6.07) is 13.2. The van der Waals surface area contributed by atoms with Crippen LogP contribution in [0.15, 0.2) is 60.9 Å². The fourth-order valence-electron chi connectivity index (χ4n) is 1.89. The minimum absolute atomic E-state index is 0.00708. The number of carbonyl (C=O) groups excluding carboxylic acids is 1. The van der Waals surface area contributed by atoms with Gasteiger partial charge in [0.05, 0.1) is 18.1 Å². The van der Waals surface area contributed by atoms with Gasteiger partial charge in [-0.1, -0.05) is 18.2 Å². The fraction of sp³-hybridized carbons (Fsp3) is 0. The lowest BCUT2D eigenvalue weighted by Crippen LogP contribution is -2.12. The number of halogens is 2. The summed E-state index contributed by atoms with van der Waals surface area (Å²) in [6.07, 6.45) is 2.80. The summed E-state index contributed by atoms with van der Waals surface area (Å²) in [6.45, 7) is 0. The summed E-state index contributed by atoms with van der Waals surface area (Å²) in [5, 5.41) is 2.69. The molecule has 3 rings (SSSR count). The molecule has 0 spiro atoms. The highest BCUT2D eigenvalue weighted by atomic mass is 127. The molecular weight excluding hydrogens is 424 g/mol. The average molecular weight is 435 g/mol. The van der Waals surface area contributed by atoms with Gasteiger partial charge >= 0.3 is 6.01 Å². The van der Waals surface area contributed by atoms with Gasteiger partial charge in [-0.25, -0.2) is 14.4 Å². The van der Waals surface area contributed by atoms with E-state index in [1.807, 2.05) is 6.07 Å². The molecule has 0 bridgehead atoms. The minimum Gasteiger partial charge on any atom is -0.421 e. The van der Waals surface area contributed by atoms with Crippen molar-refractivity contribution in [2.24, 2.45) is 0 Å². The van der Waals surface area contributed by atoms with Gasteiger partial charge in [-0.15, -0.1) is 0 Å². The summed E-state index contributed by atoms with van der Waals surface area (Å²) in [5.74, 6) is -0.731. The Kier molecular flexibility index (Phi) is 4.99. The third kappa shape index (κ3) is 4.05. The van der Waals surface area contributed by atoms with Gasteiger partial charge in [0.25, 0.3) is 5.91 Å². The third-order valence-corrected chi connectivity index (χ3v) is 3.68. The molecule has 2 aromatic carbocycles. The first-order valence-corrected chi connectivity index (χ1v) is 8.01. The number of carbonyl (C=O) groups is 1. The molecule has 24 heavy (non-hydrogen) atoms. The van der Waals surface area contributed by atoms with Crippen molar-refractivity contribution in [3.05, 3.63) is 75.9 Å². The summed E-state index contributed by atoms with van der Waals surface area (Å²) in [5.41, 5.74) is 0.952. The Balaban J connectivity index is 1.68. The number of para-hydroxylation sites is 1. The molecule has 1 heterocycles. The molecule has 0 aliphatic rings. The lowest BCUT2D eigenvalue weighted by atomic mass is 10.2. The largest absolute Gasteiger partial charge is 0.421 e. The second kappa shape index (κ2) is 7.35. The van der Waals surface area contributed by atoms with Crippen LogP contribution in [-0.4, -0.2) is 15.9 Å². The molecule has 3 aromatic rings. The fourth-order valence-corrected chi connectivity index (χ4v) is 2.44. The maximum atomic E-state index is 13.5. The Morgan fingerprint density at radius 2 is 1.83 bits per heavy atom. The number of nitrogens with one attached hydrogen (secondary N) is 1. The normalized spacial score (nSPS) is 10.2. The number of benzene rings is 2. The van der Waals surface area contributed by atoms with Gasteiger partial charge in [-0.2, -0.15) is 0 Å². The number of nitrogens with zero attached hydrogens (tertiary/aromatic N) is 2. The lowest BCUT2D eigenvalue weighted by Gasteiger charge is -2.07.